The molecule has 1 aromatic carbocycles. The fourth-order valence-electron chi connectivity index (χ4n) is 6.55. The van der Waals surface area contributed by atoms with E-state index < -0.39 is 0 Å². The summed E-state index contributed by atoms with van der Waals surface area (Å²) in [5.41, 5.74) is 3.03. The van der Waals surface area contributed by atoms with Crippen molar-refractivity contribution in [2.24, 2.45) is 11.8 Å². The summed E-state index contributed by atoms with van der Waals surface area (Å²) >= 11 is 0. The van der Waals surface area contributed by atoms with Crippen LogP contribution in [0.2, 0.25) is 0 Å². The van der Waals surface area contributed by atoms with Gasteiger partial charge in [0, 0.05) is 34.4 Å². The van der Waals surface area contributed by atoms with Crippen LogP contribution in [-0.2, 0) is 11.8 Å². The molecule has 4 aliphatic rings. The van der Waals surface area contributed by atoms with E-state index in [9.17, 15) is 0 Å². The zero-order valence-corrected chi connectivity index (χ0v) is 18.5. The first kappa shape index (κ1) is 18.5. The Bertz CT molecular complexity index is 843. The molecule has 3 heteroatoms. The van der Waals surface area contributed by atoms with Crippen molar-refractivity contribution in [1.29, 1.82) is 0 Å². The summed E-state index contributed by atoms with van der Waals surface area (Å²) in [6.45, 7) is 16.9. The predicted octanol–water partition coefficient (Wildman–Crippen LogP) is 5.11. The van der Waals surface area contributed by atoms with Crippen LogP contribution >= 0.6 is 0 Å². The second-order valence-corrected chi connectivity index (χ2v) is 11.4. The van der Waals surface area contributed by atoms with Crippen LogP contribution in [0.15, 0.2) is 24.3 Å². The van der Waals surface area contributed by atoms with Gasteiger partial charge in [-0.15, -0.1) is 0 Å². The van der Waals surface area contributed by atoms with E-state index in [0.717, 1.165) is 24.5 Å². The van der Waals surface area contributed by atoms with Crippen LogP contribution in [0.5, 0.6) is 11.5 Å². The second-order valence-electron chi connectivity index (χ2n) is 11.4. The number of benzene rings is 1. The van der Waals surface area contributed by atoms with Gasteiger partial charge in [-0.05, 0) is 72.6 Å². The molecule has 5 atom stereocenters. The number of likely N-dealkylation sites (tertiary alicyclic amines) is 1. The molecule has 152 valence electrons. The standard InChI is InChI=1S/C25H35NO2/c1-15-8-10-17-18-14-16-9-11-19(28-24(5,6)7)21-20(16)25(17,22(15)27-21)12-13-26(18)23(2,3)4/h8-11,15,17-18,22H,12-14H2,1-7H3/t15-,17?,18?,22?,25-/m0/s1. The van der Waals surface area contributed by atoms with Crippen LogP contribution in [0.4, 0.5) is 0 Å². The van der Waals surface area contributed by atoms with E-state index in [1.807, 2.05) is 0 Å². The highest BCUT2D eigenvalue weighted by Crippen LogP contribution is 2.64. The number of hydrogen-bond donors (Lipinski definition) is 0. The third-order valence-corrected chi connectivity index (χ3v) is 7.41. The number of ether oxygens (including phenoxy) is 2. The number of rotatable bonds is 1. The summed E-state index contributed by atoms with van der Waals surface area (Å²) in [7, 11) is 0. The fraction of sp³-hybridized carbons (Fsp3) is 0.680. The predicted molar refractivity (Wildman–Crippen MR) is 113 cm³/mol. The van der Waals surface area contributed by atoms with Crippen molar-refractivity contribution >= 4 is 0 Å². The molecular formula is C25H35NO2. The van der Waals surface area contributed by atoms with Crippen molar-refractivity contribution < 1.29 is 9.47 Å². The molecule has 2 aliphatic heterocycles. The Hall–Kier alpha value is -1.48. The molecular weight excluding hydrogens is 346 g/mol. The summed E-state index contributed by atoms with van der Waals surface area (Å²) in [5.74, 6) is 2.93. The van der Waals surface area contributed by atoms with E-state index >= 15 is 0 Å². The molecule has 2 aliphatic carbocycles. The van der Waals surface area contributed by atoms with E-state index in [2.05, 4.69) is 77.7 Å². The van der Waals surface area contributed by atoms with E-state index in [0.29, 0.717) is 17.9 Å². The molecule has 1 fully saturated rings. The Morgan fingerprint density at radius 2 is 1.86 bits per heavy atom. The summed E-state index contributed by atoms with van der Waals surface area (Å²) in [4.78, 5) is 2.75. The van der Waals surface area contributed by atoms with Gasteiger partial charge < -0.3 is 9.47 Å². The molecule has 3 nitrogen and oxygen atoms in total. The zero-order valence-electron chi connectivity index (χ0n) is 18.5. The third kappa shape index (κ3) is 2.38. The van der Waals surface area contributed by atoms with E-state index in [4.69, 9.17) is 9.47 Å². The summed E-state index contributed by atoms with van der Waals surface area (Å²) in [6, 6.07) is 5.03. The van der Waals surface area contributed by atoms with Crippen LogP contribution in [-0.4, -0.2) is 34.7 Å². The molecule has 0 N–H and O–H groups in total. The topological polar surface area (TPSA) is 21.7 Å². The molecule has 1 saturated heterocycles. The largest absolute Gasteiger partial charge is 0.485 e. The van der Waals surface area contributed by atoms with Crippen LogP contribution in [0.1, 0.15) is 66.0 Å². The molecule has 28 heavy (non-hydrogen) atoms. The lowest BCUT2D eigenvalue weighted by molar-refractivity contribution is -0.0576. The average Bonchev–Trinajstić information content (AvgIpc) is 2.90. The fourth-order valence-corrected chi connectivity index (χ4v) is 6.55. The minimum atomic E-state index is -0.227. The van der Waals surface area contributed by atoms with Crippen molar-refractivity contribution in [1.82, 2.24) is 4.90 Å². The highest BCUT2D eigenvalue weighted by molar-refractivity contribution is 5.62. The minimum absolute atomic E-state index is 0.112. The van der Waals surface area contributed by atoms with Gasteiger partial charge in [-0.1, -0.05) is 25.1 Å². The van der Waals surface area contributed by atoms with Gasteiger partial charge in [0.2, 0.25) is 0 Å². The molecule has 1 aromatic rings. The Labute approximate surface area is 170 Å². The van der Waals surface area contributed by atoms with Crippen LogP contribution in [0, 0.1) is 11.8 Å². The summed E-state index contributed by atoms with van der Waals surface area (Å²) < 4.78 is 13.1. The van der Waals surface area contributed by atoms with Gasteiger partial charge in [0.25, 0.3) is 0 Å². The lowest BCUT2D eigenvalue weighted by Crippen LogP contribution is -2.67. The van der Waals surface area contributed by atoms with Crippen LogP contribution in [0.25, 0.3) is 0 Å². The first-order valence-corrected chi connectivity index (χ1v) is 11.0. The Morgan fingerprint density at radius 1 is 1.11 bits per heavy atom. The summed E-state index contributed by atoms with van der Waals surface area (Å²) in [6.07, 6.45) is 7.45. The molecule has 0 saturated carbocycles. The summed E-state index contributed by atoms with van der Waals surface area (Å²) in [5, 5.41) is 0. The van der Waals surface area contributed by atoms with E-state index in [1.54, 1.807) is 0 Å². The quantitative estimate of drug-likeness (QED) is 0.631. The lowest BCUT2D eigenvalue weighted by atomic mass is 9.52. The van der Waals surface area contributed by atoms with Crippen LogP contribution < -0.4 is 9.47 Å². The van der Waals surface area contributed by atoms with E-state index in [-0.39, 0.29) is 22.7 Å². The maximum Gasteiger partial charge on any atom is 0.165 e. The maximum absolute atomic E-state index is 6.79. The number of nitrogens with zero attached hydrogens (tertiary/aromatic N) is 1. The molecule has 0 amide bonds. The van der Waals surface area contributed by atoms with Gasteiger partial charge in [-0.25, -0.2) is 0 Å². The smallest absolute Gasteiger partial charge is 0.165 e. The first-order chi connectivity index (χ1) is 13.0. The normalized spacial score (nSPS) is 36.1. The van der Waals surface area contributed by atoms with Crippen LogP contribution in [0.3, 0.4) is 0 Å². The lowest BCUT2D eigenvalue weighted by Gasteiger charge is -2.60. The Morgan fingerprint density at radius 3 is 2.54 bits per heavy atom. The SMILES string of the molecule is C[C@H]1C=CC2C3Cc4ccc(OC(C)(C)C)c5c4[C@@]2(CCN3C(C)(C)C)C1O5. The first-order valence-electron chi connectivity index (χ1n) is 11.0. The van der Waals surface area contributed by atoms with Gasteiger partial charge in [0.15, 0.2) is 11.5 Å². The van der Waals surface area contributed by atoms with Crippen molar-refractivity contribution in [2.75, 3.05) is 6.54 Å². The molecule has 5 rings (SSSR count). The monoisotopic (exact) mass is 381 g/mol. The van der Waals surface area contributed by atoms with Gasteiger partial charge >= 0.3 is 0 Å². The zero-order chi connectivity index (χ0) is 20.1. The van der Waals surface area contributed by atoms with E-state index in [1.165, 1.54) is 17.5 Å². The van der Waals surface area contributed by atoms with Gasteiger partial charge in [-0.2, -0.15) is 0 Å². The minimum Gasteiger partial charge on any atom is -0.485 e. The Balaban J connectivity index is 1.70. The van der Waals surface area contributed by atoms with Crippen molar-refractivity contribution in [2.45, 2.75) is 90.0 Å². The van der Waals surface area contributed by atoms with Gasteiger partial charge in [0.1, 0.15) is 11.7 Å². The maximum atomic E-state index is 6.79. The van der Waals surface area contributed by atoms with Crippen molar-refractivity contribution in [3.05, 3.63) is 35.4 Å². The molecule has 2 heterocycles. The number of piperidine rings is 1. The highest BCUT2D eigenvalue weighted by atomic mass is 16.5. The van der Waals surface area contributed by atoms with Crippen molar-refractivity contribution in [3.8, 4) is 11.5 Å². The molecule has 0 aromatic heterocycles. The highest BCUT2D eigenvalue weighted by Gasteiger charge is 2.64. The van der Waals surface area contributed by atoms with Gasteiger partial charge in [0.05, 0.1) is 0 Å². The second kappa shape index (κ2) is 5.56. The molecule has 1 spiro atoms. The number of hydrogen-bond acceptors (Lipinski definition) is 3. The Kier molecular flexibility index (Phi) is 3.68. The molecule has 2 bridgehead atoms. The average molecular weight is 382 g/mol. The molecule has 3 unspecified atom stereocenters. The van der Waals surface area contributed by atoms with Gasteiger partial charge in [-0.3, -0.25) is 4.90 Å². The third-order valence-electron chi connectivity index (χ3n) is 7.41. The van der Waals surface area contributed by atoms with Crippen molar-refractivity contribution in [3.63, 3.8) is 0 Å². The molecule has 0 radical (unpaired) electrons.